The van der Waals surface area contributed by atoms with E-state index in [1.54, 1.807) is 19.9 Å². The first-order valence-electron chi connectivity index (χ1n) is 11.0. The smallest absolute Gasteiger partial charge is 0.334 e. The number of aryl methyl sites for hydroxylation is 1. The molecule has 0 aliphatic heterocycles. The zero-order chi connectivity index (χ0) is 27.1. The van der Waals surface area contributed by atoms with E-state index in [0.29, 0.717) is 19.9 Å². The second-order valence-electron chi connectivity index (χ2n) is 8.78. The molecule has 3 aromatic rings. The van der Waals surface area contributed by atoms with Gasteiger partial charge in [-0.1, -0.05) is 11.6 Å². The summed E-state index contributed by atoms with van der Waals surface area (Å²) in [7, 11) is 0. The van der Waals surface area contributed by atoms with Crippen molar-refractivity contribution in [1.82, 2.24) is 20.1 Å². The fourth-order valence-electron chi connectivity index (χ4n) is 3.83. The maximum Gasteiger partial charge on any atom is 0.435 e. The second kappa shape index (κ2) is 9.94. The van der Waals surface area contributed by atoms with Crippen LogP contribution >= 0.6 is 34.2 Å². The monoisotopic (exact) mass is 642 g/mol. The highest BCUT2D eigenvalue weighted by Gasteiger charge is 2.43. The molecule has 0 radical (unpaired) electrons. The quantitative estimate of drug-likeness (QED) is 0.344. The summed E-state index contributed by atoms with van der Waals surface area (Å²) >= 11 is 8.13. The highest BCUT2D eigenvalue weighted by atomic mass is 127. The summed E-state index contributed by atoms with van der Waals surface area (Å²) in [5.74, 6) is -1.71. The minimum Gasteiger partial charge on any atom is -0.334 e. The number of rotatable bonds is 6. The Morgan fingerprint density at radius 3 is 2.54 bits per heavy atom. The van der Waals surface area contributed by atoms with Crippen molar-refractivity contribution in [3.8, 4) is 11.9 Å². The molecule has 1 aliphatic carbocycles. The lowest BCUT2D eigenvalue weighted by Crippen LogP contribution is -2.47. The Morgan fingerprint density at radius 1 is 1.24 bits per heavy atom. The van der Waals surface area contributed by atoms with E-state index in [0.717, 1.165) is 12.8 Å². The van der Waals surface area contributed by atoms with E-state index in [1.165, 1.54) is 24.4 Å². The molecule has 37 heavy (non-hydrogen) atoms. The number of nitriles is 1. The molecule has 1 aliphatic rings. The van der Waals surface area contributed by atoms with Crippen LogP contribution in [0.4, 0.5) is 18.9 Å². The van der Waals surface area contributed by atoms with Crippen LogP contribution in [-0.2, 0) is 6.18 Å². The fraction of sp³-hybridized carbons (Fsp3) is 0.292. The van der Waals surface area contributed by atoms with E-state index in [-0.39, 0.29) is 28.0 Å². The maximum absolute atomic E-state index is 13.5. The van der Waals surface area contributed by atoms with Crippen LogP contribution in [0.5, 0.6) is 0 Å². The summed E-state index contributed by atoms with van der Waals surface area (Å²) in [4.78, 5) is 30.6. The molecular weight excluding hydrogens is 624 g/mol. The van der Waals surface area contributed by atoms with Gasteiger partial charge in [0.2, 0.25) is 0 Å². The predicted octanol–water partition coefficient (Wildman–Crippen LogP) is 5.53. The molecule has 2 N–H and O–H groups in total. The van der Waals surface area contributed by atoms with E-state index in [1.807, 2.05) is 22.6 Å². The van der Waals surface area contributed by atoms with Crippen molar-refractivity contribution in [1.29, 1.82) is 5.26 Å². The van der Waals surface area contributed by atoms with Crippen molar-refractivity contribution in [3.05, 3.63) is 67.6 Å². The molecule has 1 saturated carbocycles. The fourth-order valence-corrected chi connectivity index (χ4v) is 4.81. The van der Waals surface area contributed by atoms with Crippen LogP contribution in [0.25, 0.3) is 5.82 Å². The number of halogens is 5. The van der Waals surface area contributed by atoms with Crippen molar-refractivity contribution in [2.24, 2.45) is 5.92 Å². The molecule has 4 rings (SSSR count). The summed E-state index contributed by atoms with van der Waals surface area (Å²) < 4.78 is 41.9. The number of benzene rings is 1. The first-order chi connectivity index (χ1) is 17.3. The molecule has 1 fully saturated rings. The number of nitrogens with zero attached hydrogens (tertiary/aromatic N) is 4. The van der Waals surface area contributed by atoms with Gasteiger partial charge >= 0.3 is 6.18 Å². The van der Waals surface area contributed by atoms with E-state index >= 15 is 0 Å². The van der Waals surface area contributed by atoms with Gasteiger partial charge in [0, 0.05) is 15.8 Å². The molecule has 2 amide bonds. The lowest BCUT2D eigenvalue weighted by molar-refractivity contribution is -0.141. The number of pyridine rings is 1. The van der Waals surface area contributed by atoms with Gasteiger partial charge in [0.25, 0.3) is 11.8 Å². The van der Waals surface area contributed by atoms with Gasteiger partial charge in [-0.2, -0.15) is 23.5 Å². The third-order valence-corrected chi connectivity index (χ3v) is 6.87. The van der Waals surface area contributed by atoms with Crippen LogP contribution in [-0.4, -0.2) is 32.1 Å². The molecule has 1 unspecified atom stereocenters. The zero-order valence-electron chi connectivity index (χ0n) is 19.5. The minimum atomic E-state index is -4.84. The van der Waals surface area contributed by atoms with Gasteiger partial charge in [-0.25, -0.2) is 9.67 Å². The third-order valence-electron chi connectivity index (χ3n) is 5.95. The van der Waals surface area contributed by atoms with E-state index in [9.17, 15) is 28.0 Å². The standard InChI is InChI=1S/C24H19ClF3IN6O2/c1-12-8-14(29)9-15(21(36)33-23(2,11-30)13-5-6-13)19(12)32-22(37)17-10-18(24(26,27)28)34-35(17)20-16(25)4-3-7-31-20/h3-4,7-10,13H,5-6H2,1-2H3,(H,32,37)(H,33,36). The van der Waals surface area contributed by atoms with Crippen molar-refractivity contribution < 1.29 is 22.8 Å². The number of alkyl halides is 3. The van der Waals surface area contributed by atoms with E-state index in [4.69, 9.17) is 11.6 Å². The van der Waals surface area contributed by atoms with Crippen LogP contribution in [0.3, 0.4) is 0 Å². The van der Waals surface area contributed by atoms with Crippen LogP contribution < -0.4 is 10.6 Å². The van der Waals surface area contributed by atoms with Crippen molar-refractivity contribution in [2.45, 2.75) is 38.4 Å². The Bertz CT molecular complexity index is 1450. The predicted molar refractivity (Wildman–Crippen MR) is 137 cm³/mol. The molecule has 2 aromatic heterocycles. The van der Waals surface area contributed by atoms with Gasteiger partial charge in [-0.05, 0) is 85.0 Å². The molecule has 0 spiro atoms. The van der Waals surface area contributed by atoms with Crippen LogP contribution in [0.2, 0.25) is 5.02 Å². The highest BCUT2D eigenvalue weighted by Crippen LogP contribution is 2.39. The SMILES string of the molecule is Cc1cc(I)cc(C(=O)NC(C)(C#N)C2CC2)c1NC(=O)c1cc(C(F)(F)F)nn1-c1ncccc1Cl. The molecule has 0 bridgehead atoms. The number of nitrogens with one attached hydrogen (secondary N) is 2. The first kappa shape index (κ1) is 26.9. The Hall–Kier alpha value is -3.18. The van der Waals surface area contributed by atoms with Gasteiger partial charge in [0.1, 0.15) is 11.2 Å². The molecule has 1 aromatic carbocycles. The molecule has 8 nitrogen and oxygen atoms in total. The third kappa shape index (κ3) is 5.57. The second-order valence-corrected chi connectivity index (χ2v) is 10.4. The Kier molecular flexibility index (Phi) is 7.22. The van der Waals surface area contributed by atoms with Crippen LogP contribution in [0.1, 0.15) is 51.9 Å². The van der Waals surface area contributed by atoms with Gasteiger partial charge in [0.05, 0.1) is 22.3 Å². The van der Waals surface area contributed by atoms with Crippen LogP contribution in [0, 0.1) is 27.7 Å². The minimum absolute atomic E-state index is 0.0154. The number of carbonyl (C=O) groups excluding carboxylic acids is 2. The lowest BCUT2D eigenvalue weighted by atomic mass is 9.96. The number of anilines is 1. The maximum atomic E-state index is 13.5. The Balaban J connectivity index is 1.75. The average molecular weight is 643 g/mol. The zero-order valence-corrected chi connectivity index (χ0v) is 22.4. The summed E-state index contributed by atoms with van der Waals surface area (Å²) in [5.41, 5.74) is -2.24. The van der Waals surface area contributed by atoms with Crippen molar-refractivity contribution in [2.75, 3.05) is 5.32 Å². The van der Waals surface area contributed by atoms with Crippen molar-refractivity contribution in [3.63, 3.8) is 0 Å². The Morgan fingerprint density at radius 2 is 1.95 bits per heavy atom. The first-order valence-corrected chi connectivity index (χ1v) is 12.4. The normalized spacial score (nSPS) is 15.0. The number of hydrogen-bond acceptors (Lipinski definition) is 5. The summed E-state index contributed by atoms with van der Waals surface area (Å²) in [6.45, 7) is 3.28. The molecule has 13 heteroatoms. The van der Waals surface area contributed by atoms with E-state index < -0.39 is 34.9 Å². The number of amides is 2. The number of carbonyl (C=O) groups is 2. The molecule has 1 atom stereocenters. The summed E-state index contributed by atoms with van der Waals surface area (Å²) in [5, 5.41) is 18.5. The summed E-state index contributed by atoms with van der Waals surface area (Å²) in [6, 6.07) is 8.84. The largest absolute Gasteiger partial charge is 0.435 e. The molecule has 192 valence electrons. The average Bonchev–Trinajstić information content (AvgIpc) is 3.59. The number of hydrogen-bond donors (Lipinski definition) is 2. The van der Waals surface area contributed by atoms with E-state index in [2.05, 4.69) is 26.8 Å². The van der Waals surface area contributed by atoms with Gasteiger partial charge in [-0.3, -0.25) is 9.59 Å². The van der Waals surface area contributed by atoms with Gasteiger partial charge in [0.15, 0.2) is 11.5 Å². The van der Waals surface area contributed by atoms with Gasteiger partial charge < -0.3 is 10.6 Å². The summed E-state index contributed by atoms with van der Waals surface area (Å²) in [6.07, 6.45) is -1.92. The molecule has 0 saturated heterocycles. The van der Waals surface area contributed by atoms with Gasteiger partial charge in [-0.15, -0.1) is 0 Å². The van der Waals surface area contributed by atoms with Crippen molar-refractivity contribution >= 4 is 51.7 Å². The molecular formula is C24H19ClF3IN6O2. The number of aromatic nitrogens is 3. The lowest BCUT2D eigenvalue weighted by Gasteiger charge is -2.24. The van der Waals surface area contributed by atoms with Crippen LogP contribution in [0.15, 0.2) is 36.5 Å². The Labute approximate surface area is 228 Å². The molecule has 2 heterocycles. The topological polar surface area (TPSA) is 113 Å². The highest BCUT2D eigenvalue weighted by molar-refractivity contribution is 14.1.